The first-order valence-corrected chi connectivity index (χ1v) is 14.0. The van der Waals surface area contributed by atoms with Crippen LogP contribution < -0.4 is 5.73 Å². The molecule has 0 aliphatic rings. The van der Waals surface area contributed by atoms with E-state index in [9.17, 15) is 0 Å². The van der Waals surface area contributed by atoms with E-state index < -0.39 is 0 Å². The lowest BCUT2D eigenvalue weighted by Gasteiger charge is -2.01. The normalized spacial score (nSPS) is 12.9. The van der Waals surface area contributed by atoms with E-state index in [0.29, 0.717) is 0 Å². The summed E-state index contributed by atoms with van der Waals surface area (Å²) in [6, 6.07) is 31.4. The molecule has 0 aliphatic heterocycles. The van der Waals surface area contributed by atoms with Crippen LogP contribution in [0.4, 0.5) is 0 Å². The third-order valence-corrected chi connectivity index (χ3v) is 7.09. The highest BCUT2D eigenvalue weighted by molar-refractivity contribution is 6.15. The number of hydrogen-bond acceptors (Lipinski definition) is 3. The second kappa shape index (κ2) is 12.8. The standard InChI is InChI=1S/C39H31NO2/c40-27-15-14-21-32-33-24-25-34-35-28-31(30-19-11-7-12-20-30)23-26-37(35)42-39(34)38(33)41-36(32)22-13-5-3-1-2-4-8-16-29-17-9-6-10-18-29/h1-15,17-28H,16,40H2/b2-1+,5-3-,8-4+,21-14+,22-13-,27-15+. The van der Waals surface area contributed by atoms with Crippen molar-refractivity contribution in [2.45, 2.75) is 6.42 Å². The van der Waals surface area contributed by atoms with Gasteiger partial charge in [0.1, 0.15) is 11.3 Å². The summed E-state index contributed by atoms with van der Waals surface area (Å²) in [4.78, 5) is 0. The topological polar surface area (TPSA) is 52.3 Å². The van der Waals surface area contributed by atoms with Crippen LogP contribution in [-0.4, -0.2) is 0 Å². The largest absolute Gasteiger partial charge is 0.452 e. The smallest absolute Gasteiger partial charge is 0.178 e. The van der Waals surface area contributed by atoms with Gasteiger partial charge in [-0.3, -0.25) is 0 Å². The Morgan fingerprint density at radius 1 is 0.548 bits per heavy atom. The highest BCUT2D eigenvalue weighted by Gasteiger charge is 2.18. The highest BCUT2D eigenvalue weighted by Crippen LogP contribution is 2.39. The predicted molar refractivity (Wildman–Crippen MR) is 178 cm³/mol. The van der Waals surface area contributed by atoms with Crippen LogP contribution in [0.2, 0.25) is 0 Å². The molecule has 2 N–H and O–H groups in total. The lowest BCUT2D eigenvalue weighted by Crippen LogP contribution is -1.77. The highest BCUT2D eigenvalue weighted by atomic mass is 16.4. The lowest BCUT2D eigenvalue weighted by molar-refractivity contribution is 0.590. The molecule has 3 heteroatoms. The van der Waals surface area contributed by atoms with Gasteiger partial charge in [-0.25, -0.2) is 0 Å². The molecular weight excluding hydrogens is 514 g/mol. The van der Waals surface area contributed by atoms with E-state index in [2.05, 4.69) is 84.9 Å². The van der Waals surface area contributed by atoms with Crippen LogP contribution in [0.1, 0.15) is 16.9 Å². The molecule has 0 atom stereocenters. The Kier molecular flexibility index (Phi) is 8.10. The van der Waals surface area contributed by atoms with Gasteiger partial charge in [0.2, 0.25) is 0 Å². The zero-order chi connectivity index (χ0) is 28.6. The number of benzene rings is 4. The summed E-state index contributed by atoms with van der Waals surface area (Å²) in [5.41, 5.74) is 12.5. The fraction of sp³-hybridized carbons (Fsp3) is 0.0256. The summed E-state index contributed by atoms with van der Waals surface area (Å²) < 4.78 is 12.8. The number of hydrogen-bond donors (Lipinski definition) is 1. The lowest BCUT2D eigenvalue weighted by atomic mass is 10.0. The van der Waals surface area contributed by atoms with Crippen molar-refractivity contribution in [3.63, 3.8) is 0 Å². The minimum absolute atomic E-state index is 0.730. The number of allylic oxidation sites excluding steroid dienone is 9. The Morgan fingerprint density at radius 2 is 1.24 bits per heavy atom. The maximum Gasteiger partial charge on any atom is 0.178 e. The van der Waals surface area contributed by atoms with E-state index in [1.807, 2.05) is 66.8 Å². The minimum atomic E-state index is 0.730. The molecule has 6 rings (SSSR count). The molecule has 0 bridgehead atoms. The molecule has 0 aliphatic carbocycles. The summed E-state index contributed by atoms with van der Waals surface area (Å²) in [7, 11) is 0. The Hall–Kier alpha value is -5.54. The van der Waals surface area contributed by atoms with Gasteiger partial charge in [0, 0.05) is 21.7 Å². The summed E-state index contributed by atoms with van der Waals surface area (Å²) >= 11 is 0. The Bertz CT molecular complexity index is 2000. The zero-order valence-electron chi connectivity index (χ0n) is 23.2. The average molecular weight is 546 g/mol. The number of nitrogens with two attached hydrogens (primary N) is 1. The van der Waals surface area contributed by atoms with Crippen LogP contribution in [0.15, 0.2) is 161 Å². The van der Waals surface area contributed by atoms with Gasteiger partial charge < -0.3 is 14.6 Å². The minimum Gasteiger partial charge on any atom is -0.452 e. The van der Waals surface area contributed by atoms with Gasteiger partial charge in [0.15, 0.2) is 11.2 Å². The molecule has 0 unspecified atom stereocenters. The molecule has 0 amide bonds. The monoisotopic (exact) mass is 545 g/mol. The van der Waals surface area contributed by atoms with Crippen molar-refractivity contribution < 1.29 is 8.83 Å². The third kappa shape index (κ3) is 5.81. The number of rotatable bonds is 9. The summed E-state index contributed by atoms with van der Waals surface area (Å²) in [5.74, 6) is 0.751. The van der Waals surface area contributed by atoms with Crippen LogP contribution in [0.25, 0.3) is 56.2 Å². The van der Waals surface area contributed by atoms with Crippen LogP contribution in [0, 0.1) is 0 Å². The molecule has 0 saturated heterocycles. The predicted octanol–water partition coefficient (Wildman–Crippen LogP) is 10.4. The SMILES string of the molecule is N/C=C/C=C/c1c(\C=C/C=C\C=C\C=C\Cc2ccccc2)oc2c1ccc1c3cc(-c4ccccc4)ccc3oc12. The van der Waals surface area contributed by atoms with Crippen LogP contribution >= 0.6 is 0 Å². The first-order chi connectivity index (χ1) is 20.8. The van der Waals surface area contributed by atoms with Crippen molar-refractivity contribution in [2.75, 3.05) is 0 Å². The van der Waals surface area contributed by atoms with Crippen molar-refractivity contribution in [1.82, 2.24) is 0 Å². The van der Waals surface area contributed by atoms with Gasteiger partial charge in [0.25, 0.3) is 0 Å². The fourth-order valence-corrected chi connectivity index (χ4v) is 5.04. The third-order valence-electron chi connectivity index (χ3n) is 7.09. The van der Waals surface area contributed by atoms with Gasteiger partial charge in [0.05, 0.1) is 0 Å². The first kappa shape index (κ1) is 26.7. The van der Waals surface area contributed by atoms with Crippen molar-refractivity contribution in [3.8, 4) is 11.1 Å². The van der Waals surface area contributed by atoms with Gasteiger partial charge >= 0.3 is 0 Å². The Labute approximate surface area is 245 Å². The molecular formula is C39H31NO2. The van der Waals surface area contributed by atoms with Crippen LogP contribution in [0.5, 0.6) is 0 Å². The van der Waals surface area contributed by atoms with E-state index in [1.165, 1.54) is 17.3 Å². The zero-order valence-corrected chi connectivity index (χ0v) is 23.2. The van der Waals surface area contributed by atoms with Crippen LogP contribution in [-0.2, 0) is 6.42 Å². The average Bonchev–Trinajstić information content (AvgIpc) is 3.59. The fourth-order valence-electron chi connectivity index (χ4n) is 5.04. The molecule has 0 fully saturated rings. The Morgan fingerprint density at radius 3 is 2.05 bits per heavy atom. The van der Waals surface area contributed by atoms with Gasteiger partial charge in [-0.2, -0.15) is 0 Å². The van der Waals surface area contributed by atoms with Crippen molar-refractivity contribution >= 4 is 45.1 Å². The molecule has 42 heavy (non-hydrogen) atoms. The van der Waals surface area contributed by atoms with Gasteiger partial charge in [-0.1, -0.05) is 121 Å². The molecule has 0 spiro atoms. The van der Waals surface area contributed by atoms with E-state index in [-0.39, 0.29) is 0 Å². The summed E-state index contributed by atoms with van der Waals surface area (Å²) in [5, 5.41) is 3.08. The molecule has 2 aromatic heterocycles. The molecule has 4 aromatic carbocycles. The van der Waals surface area contributed by atoms with E-state index in [0.717, 1.165) is 56.2 Å². The van der Waals surface area contributed by atoms with Gasteiger partial charge in [-0.05, 0) is 65.7 Å². The molecule has 0 saturated carbocycles. The van der Waals surface area contributed by atoms with E-state index in [1.54, 1.807) is 6.08 Å². The van der Waals surface area contributed by atoms with Gasteiger partial charge in [-0.15, -0.1) is 0 Å². The summed E-state index contributed by atoms with van der Waals surface area (Å²) in [6.07, 6.45) is 24.4. The molecule has 0 radical (unpaired) electrons. The molecule has 6 aromatic rings. The maximum absolute atomic E-state index is 6.44. The van der Waals surface area contributed by atoms with E-state index >= 15 is 0 Å². The molecule has 3 nitrogen and oxygen atoms in total. The van der Waals surface area contributed by atoms with Crippen molar-refractivity contribution in [1.29, 1.82) is 0 Å². The quantitative estimate of drug-likeness (QED) is 0.184. The molecule has 2 heterocycles. The maximum atomic E-state index is 6.44. The Balaban J connectivity index is 1.28. The second-order valence-corrected chi connectivity index (χ2v) is 9.87. The number of fused-ring (bicyclic) bond motifs is 5. The molecule has 204 valence electrons. The van der Waals surface area contributed by atoms with E-state index in [4.69, 9.17) is 14.6 Å². The van der Waals surface area contributed by atoms with Crippen LogP contribution in [0.3, 0.4) is 0 Å². The van der Waals surface area contributed by atoms with Crippen molar-refractivity contribution in [2.24, 2.45) is 5.73 Å². The van der Waals surface area contributed by atoms with Crippen molar-refractivity contribution in [3.05, 3.63) is 169 Å². The summed E-state index contributed by atoms with van der Waals surface area (Å²) in [6.45, 7) is 0. The number of furan rings is 2. The second-order valence-electron chi connectivity index (χ2n) is 9.87. The first-order valence-electron chi connectivity index (χ1n) is 14.0.